The maximum Gasteiger partial charge on any atom is 0.253 e. The smallest absolute Gasteiger partial charge is 0.253 e. The number of aliphatic hydroxyl groups excluding tert-OH is 1. The van der Waals surface area contributed by atoms with Crippen LogP contribution in [0.1, 0.15) is 90.9 Å². The number of hydrogen-bond donors (Lipinski definition) is 3. The van der Waals surface area contributed by atoms with E-state index in [1.165, 1.54) is 12.8 Å². The van der Waals surface area contributed by atoms with Gasteiger partial charge in [-0.2, -0.15) is 0 Å². The second-order valence-corrected chi connectivity index (χ2v) is 16.5. The zero-order valence-electron chi connectivity index (χ0n) is 28.6. The van der Waals surface area contributed by atoms with Gasteiger partial charge in [0, 0.05) is 43.7 Å². The van der Waals surface area contributed by atoms with Gasteiger partial charge in [0.15, 0.2) is 5.89 Å². The first-order valence-corrected chi connectivity index (χ1v) is 18.6. The minimum Gasteiger partial charge on any atom is -0.446 e. The first-order chi connectivity index (χ1) is 21.6. The third-order valence-corrected chi connectivity index (χ3v) is 10.1. The number of rotatable bonds is 11. The van der Waals surface area contributed by atoms with Gasteiger partial charge in [0.05, 0.1) is 45.2 Å². The fourth-order valence-corrected chi connectivity index (χ4v) is 7.88. The van der Waals surface area contributed by atoms with Crippen LogP contribution in [0.15, 0.2) is 28.7 Å². The Labute approximate surface area is 275 Å². The van der Waals surface area contributed by atoms with E-state index in [2.05, 4.69) is 26.8 Å². The molecule has 0 radical (unpaired) electrons. The van der Waals surface area contributed by atoms with Crippen molar-refractivity contribution < 1.29 is 23.9 Å². The third kappa shape index (κ3) is 9.49. The van der Waals surface area contributed by atoms with Crippen LogP contribution in [-0.2, 0) is 11.3 Å². The number of carbonyl (C=O) groups is 3. The number of carbonyl (C=O) groups excluding carboxylic acids is 3. The quantitative estimate of drug-likeness (QED) is 0.307. The molecule has 6 unspecified atom stereocenters. The molecular formula is C35H53N5O5P+. The lowest BCUT2D eigenvalue weighted by Crippen LogP contribution is -2.60. The minimum absolute atomic E-state index is 0.000457. The molecule has 4 rings (SSSR count). The number of β-amino-alcohol motifs (C(OH)–C–C–N with tert-alkyl or cyclic N) is 1. The summed E-state index contributed by atoms with van der Waals surface area (Å²) < 4.78 is 5.49. The summed E-state index contributed by atoms with van der Waals surface area (Å²) in [4.78, 5) is 48.4. The molecule has 2 aliphatic rings. The van der Waals surface area contributed by atoms with Gasteiger partial charge in [-0.1, -0.05) is 25.3 Å². The van der Waals surface area contributed by atoms with Crippen LogP contribution in [0, 0.1) is 25.7 Å². The average Bonchev–Trinajstić information content (AvgIpc) is 3.30. The SMILES string of the molecule is C=[P+](C)CC(NC(=O)c1cccc(C(=O)N(C)Cc2nc(C)oc2C)c1)C(O)CN1CC2CCCCC2CC1C(=O)NC(C)(C)C. The van der Waals surface area contributed by atoms with Crippen LogP contribution >= 0.6 is 7.55 Å². The van der Waals surface area contributed by atoms with E-state index in [0.717, 1.165) is 25.8 Å². The highest BCUT2D eigenvalue weighted by Gasteiger charge is 2.42. The second kappa shape index (κ2) is 15.2. The van der Waals surface area contributed by atoms with Gasteiger partial charge in [-0.15, -0.1) is 0 Å². The highest BCUT2D eigenvalue weighted by Crippen LogP contribution is 2.39. The zero-order chi connectivity index (χ0) is 33.8. The van der Waals surface area contributed by atoms with Crippen LogP contribution in [0.5, 0.6) is 0 Å². The molecule has 11 heteroatoms. The van der Waals surface area contributed by atoms with Crippen molar-refractivity contribution in [1.82, 2.24) is 25.4 Å². The van der Waals surface area contributed by atoms with Gasteiger partial charge in [0.2, 0.25) is 5.91 Å². The Morgan fingerprint density at radius 3 is 2.48 bits per heavy atom. The monoisotopic (exact) mass is 654 g/mol. The highest BCUT2D eigenvalue weighted by atomic mass is 31.1. The van der Waals surface area contributed by atoms with Crippen molar-refractivity contribution in [3.05, 3.63) is 52.7 Å². The first kappa shape index (κ1) is 35.8. The van der Waals surface area contributed by atoms with Crippen molar-refractivity contribution in [2.45, 2.75) is 97.0 Å². The average molecular weight is 655 g/mol. The van der Waals surface area contributed by atoms with Gasteiger partial charge in [-0.3, -0.25) is 19.3 Å². The van der Waals surface area contributed by atoms with Crippen LogP contribution in [-0.4, -0.2) is 101 Å². The molecule has 1 aliphatic heterocycles. The molecule has 10 nitrogen and oxygen atoms in total. The highest BCUT2D eigenvalue weighted by molar-refractivity contribution is 7.55. The van der Waals surface area contributed by atoms with E-state index in [9.17, 15) is 19.5 Å². The molecule has 1 aromatic carbocycles. The van der Waals surface area contributed by atoms with Gasteiger partial charge < -0.3 is 25.1 Å². The van der Waals surface area contributed by atoms with Gasteiger partial charge in [0.1, 0.15) is 17.6 Å². The summed E-state index contributed by atoms with van der Waals surface area (Å²) in [5, 5.41) is 17.8. The van der Waals surface area contributed by atoms with Crippen molar-refractivity contribution in [2.75, 3.05) is 33.0 Å². The van der Waals surface area contributed by atoms with Crippen LogP contribution in [0.3, 0.4) is 0 Å². The number of piperidine rings is 1. The fraction of sp³-hybridized carbons (Fsp3) is 0.629. The van der Waals surface area contributed by atoms with Gasteiger partial charge in [0.25, 0.3) is 11.8 Å². The summed E-state index contributed by atoms with van der Waals surface area (Å²) in [5.41, 5.74) is 1.04. The van der Waals surface area contributed by atoms with E-state index in [0.29, 0.717) is 46.5 Å². The van der Waals surface area contributed by atoms with Crippen LogP contribution in [0.2, 0.25) is 0 Å². The molecular weight excluding hydrogens is 601 g/mol. The molecule has 1 saturated heterocycles. The maximum absolute atomic E-state index is 13.6. The van der Waals surface area contributed by atoms with Gasteiger partial charge in [-0.25, -0.2) is 4.98 Å². The normalized spacial score (nSPS) is 21.9. The van der Waals surface area contributed by atoms with E-state index < -0.39 is 19.7 Å². The number of hydrogen-bond acceptors (Lipinski definition) is 7. The largest absolute Gasteiger partial charge is 0.446 e. The lowest BCUT2D eigenvalue weighted by molar-refractivity contribution is -0.132. The van der Waals surface area contributed by atoms with Crippen molar-refractivity contribution in [1.29, 1.82) is 0 Å². The van der Waals surface area contributed by atoms with E-state index in [1.807, 2.05) is 34.4 Å². The minimum atomic E-state index is -0.897. The molecule has 2 fully saturated rings. The van der Waals surface area contributed by atoms with Gasteiger partial charge >= 0.3 is 0 Å². The Balaban J connectivity index is 1.47. The summed E-state index contributed by atoms with van der Waals surface area (Å²) in [7, 11) is 0.991. The fourth-order valence-electron chi connectivity index (χ4n) is 6.87. The Bertz CT molecular complexity index is 1420. The predicted molar refractivity (Wildman–Crippen MR) is 184 cm³/mol. The lowest BCUT2D eigenvalue weighted by Gasteiger charge is -2.47. The van der Waals surface area contributed by atoms with Gasteiger partial charge in [-0.05, 0) is 70.6 Å². The Hall–Kier alpha value is -3.07. The molecule has 6 atom stereocenters. The van der Waals surface area contributed by atoms with E-state index in [1.54, 1.807) is 43.1 Å². The Kier molecular flexibility index (Phi) is 11.8. The molecule has 2 heterocycles. The number of nitrogens with one attached hydrogen (secondary N) is 2. The van der Waals surface area contributed by atoms with Crippen LogP contribution in [0.4, 0.5) is 0 Å². The number of likely N-dealkylation sites (tertiary alicyclic amines) is 1. The zero-order valence-corrected chi connectivity index (χ0v) is 29.5. The number of benzene rings is 1. The number of oxazole rings is 1. The van der Waals surface area contributed by atoms with Crippen LogP contribution in [0.25, 0.3) is 0 Å². The summed E-state index contributed by atoms with van der Waals surface area (Å²) in [6.45, 7) is 12.9. The molecule has 1 aromatic heterocycles. The van der Waals surface area contributed by atoms with E-state index in [-0.39, 0.29) is 42.4 Å². The summed E-state index contributed by atoms with van der Waals surface area (Å²) in [5.74, 6) is 1.64. The third-order valence-electron chi connectivity index (χ3n) is 9.12. The topological polar surface area (TPSA) is 128 Å². The molecule has 46 heavy (non-hydrogen) atoms. The Morgan fingerprint density at radius 2 is 1.85 bits per heavy atom. The number of amides is 3. The lowest BCUT2D eigenvalue weighted by atomic mass is 9.72. The number of nitrogens with zero attached hydrogens (tertiary/aromatic N) is 3. The predicted octanol–water partition coefficient (Wildman–Crippen LogP) is 4.36. The molecule has 252 valence electrons. The van der Waals surface area contributed by atoms with Crippen molar-refractivity contribution >= 4 is 31.6 Å². The van der Waals surface area contributed by atoms with E-state index in [4.69, 9.17) is 4.42 Å². The van der Waals surface area contributed by atoms with Crippen molar-refractivity contribution in [3.63, 3.8) is 0 Å². The summed E-state index contributed by atoms with van der Waals surface area (Å²) in [6.07, 6.45) is 9.31. The molecule has 0 bridgehead atoms. The molecule has 3 amide bonds. The molecule has 1 aliphatic carbocycles. The maximum atomic E-state index is 13.6. The standard InChI is InChI=1S/C35H52N5O5P/c1-22-28(36-23(2)45-22)19-39(6)34(44)26-15-11-14-25(16-26)32(42)37-29(21-46(7)8)31(41)20-40-18-27-13-10-9-12-24(27)17-30(40)33(43)38-35(3,4)5/h11,14-16,24,27,29-31,41H,7,9-10,12-13,17-21H2,1-6,8H3,(H-,37,38,42,43)/p+1. The first-order valence-electron chi connectivity index (χ1n) is 16.5. The number of aryl methyl sites for hydroxylation is 2. The van der Waals surface area contributed by atoms with E-state index >= 15 is 0 Å². The van der Waals surface area contributed by atoms with Crippen molar-refractivity contribution in [3.8, 4) is 0 Å². The molecule has 1 saturated carbocycles. The van der Waals surface area contributed by atoms with Crippen LogP contribution < -0.4 is 10.6 Å². The number of aliphatic hydroxyl groups is 1. The molecule has 2 aromatic rings. The number of aromatic nitrogens is 1. The summed E-state index contributed by atoms with van der Waals surface area (Å²) in [6, 6.07) is 5.74. The second-order valence-electron chi connectivity index (χ2n) is 14.4. The molecule has 3 N–H and O–H groups in total. The van der Waals surface area contributed by atoms with Crippen molar-refractivity contribution in [2.24, 2.45) is 11.8 Å². The summed E-state index contributed by atoms with van der Waals surface area (Å²) >= 11 is 0. The Morgan fingerprint density at radius 1 is 1.17 bits per heavy atom. The number of fused-ring (bicyclic) bond motifs is 1. The molecule has 0 spiro atoms.